The topological polar surface area (TPSA) is 188 Å². The Balaban J connectivity index is 2.55. The van der Waals surface area contributed by atoms with Crippen LogP contribution in [0.25, 0.3) is 0 Å². The molecule has 1 aromatic rings. The van der Waals surface area contributed by atoms with Crippen molar-refractivity contribution in [2.75, 3.05) is 13.6 Å². The summed E-state index contributed by atoms with van der Waals surface area (Å²) in [6.45, 7) is 11.5. The lowest BCUT2D eigenvalue weighted by atomic mass is 9.97. The van der Waals surface area contributed by atoms with E-state index in [1.807, 2.05) is 13.8 Å². The number of rotatable bonds is 9. The highest BCUT2D eigenvalue weighted by atomic mass is 16.4. The second-order valence-electron chi connectivity index (χ2n) is 10.7. The minimum Gasteiger partial charge on any atom is -0.480 e. The quantitative estimate of drug-likeness (QED) is 0.247. The number of carbonyl (C=O) groups excluding carboxylic acids is 4. The molecular formula is C28H46N8O6. The molecule has 0 aliphatic carbocycles. The zero-order chi connectivity index (χ0) is 31.4. The molecule has 2 bridgehead atoms. The number of aromatic nitrogens is 3. The van der Waals surface area contributed by atoms with E-state index < -0.39 is 59.8 Å². The number of carboxylic acids is 1. The highest BCUT2D eigenvalue weighted by Gasteiger charge is 2.37. The van der Waals surface area contributed by atoms with Crippen molar-refractivity contribution in [1.82, 2.24) is 41.2 Å². The molecule has 14 heteroatoms. The van der Waals surface area contributed by atoms with Crippen molar-refractivity contribution in [3.05, 3.63) is 24.5 Å². The summed E-state index contributed by atoms with van der Waals surface area (Å²) in [6, 6.07) is -4.97. The van der Waals surface area contributed by atoms with Crippen LogP contribution in [0.2, 0.25) is 0 Å². The Labute approximate surface area is 247 Å². The molecule has 1 aromatic heterocycles. The number of hydrogen-bond donors (Lipinski definition) is 5. The first-order chi connectivity index (χ1) is 20.0. The van der Waals surface area contributed by atoms with Gasteiger partial charge < -0.3 is 31.3 Å². The highest BCUT2D eigenvalue weighted by molar-refractivity contribution is 5.96. The normalized spacial score (nSPS) is 24.4. The van der Waals surface area contributed by atoms with Gasteiger partial charge in [-0.15, -0.1) is 11.7 Å². The first kappa shape index (κ1) is 34.4. The molecule has 0 spiro atoms. The molecule has 4 amide bonds. The summed E-state index contributed by atoms with van der Waals surface area (Å²) < 4.78 is 1.59. The summed E-state index contributed by atoms with van der Waals surface area (Å²) in [5.41, 5.74) is 0.468. The molecule has 0 fully saturated rings. The molecule has 2 rings (SSSR count). The summed E-state index contributed by atoms with van der Waals surface area (Å²) in [6.07, 6.45) is 5.30. The second-order valence-corrected chi connectivity index (χ2v) is 10.7. The third-order valence-electron chi connectivity index (χ3n) is 7.55. The van der Waals surface area contributed by atoms with Crippen molar-refractivity contribution >= 4 is 29.6 Å². The van der Waals surface area contributed by atoms with Gasteiger partial charge in [0.1, 0.15) is 24.2 Å². The predicted octanol–water partition coefficient (Wildman–Crippen LogP) is -0.00930. The lowest BCUT2D eigenvalue weighted by Crippen LogP contribution is -2.60. The van der Waals surface area contributed by atoms with E-state index in [0.29, 0.717) is 37.9 Å². The van der Waals surface area contributed by atoms with Gasteiger partial charge in [0.15, 0.2) is 0 Å². The number of carboxylic acid groups (broad SMARTS) is 1. The molecule has 0 aromatic carbocycles. The van der Waals surface area contributed by atoms with Crippen LogP contribution >= 0.6 is 0 Å². The molecule has 6 unspecified atom stereocenters. The summed E-state index contributed by atoms with van der Waals surface area (Å²) in [4.78, 5) is 67.1. The van der Waals surface area contributed by atoms with Crippen LogP contribution in [0.5, 0.6) is 0 Å². The lowest BCUT2D eigenvalue weighted by Gasteiger charge is -2.34. The van der Waals surface area contributed by atoms with E-state index in [1.54, 1.807) is 31.8 Å². The number of aliphatic carboxylic acids is 1. The Morgan fingerprint density at radius 2 is 1.90 bits per heavy atom. The van der Waals surface area contributed by atoms with Crippen LogP contribution in [0.3, 0.4) is 0 Å². The average molecular weight is 591 g/mol. The SMILES string of the molecule is C=CC1C(=O)NC(C(C)CC)C(=O)NC(C(=O)O)CCCCn2cc(nn2)CC(NC(=O)C(C)NC)C(=O)N1CCC. The monoisotopic (exact) mass is 590 g/mol. The van der Waals surface area contributed by atoms with E-state index in [2.05, 4.69) is 38.2 Å². The summed E-state index contributed by atoms with van der Waals surface area (Å²) >= 11 is 0. The molecule has 0 saturated carbocycles. The van der Waals surface area contributed by atoms with Crippen molar-refractivity contribution in [3.8, 4) is 0 Å². The van der Waals surface area contributed by atoms with Gasteiger partial charge >= 0.3 is 5.97 Å². The average Bonchev–Trinajstić information content (AvgIpc) is 3.41. The molecule has 1 aliphatic heterocycles. The molecule has 6 atom stereocenters. The van der Waals surface area contributed by atoms with Crippen LogP contribution < -0.4 is 21.3 Å². The number of nitrogens with zero attached hydrogens (tertiary/aromatic N) is 4. The molecule has 42 heavy (non-hydrogen) atoms. The standard InChI is InChI=1S/C28H46N8O6/c1-7-13-36-22(9-3)25(38)32-23(17(4)8-2)26(39)30-20(28(41)42)12-10-11-14-35-16-19(33-34-35)15-21(27(36)40)31-24(37)18(5)29-6/h9,16-18,20-23,29H,3,7-8,10-15H2,1-2,4-6H3,(H,30,39)(H,31,37)(H,32,38)(H,41,42). The zero-order valence-electron chi connectivity index (χ0n) is 25.3. The van der Waals surface area contributed by atoms with Crippen LogP contribution in [0.4, 0.5) is 0 Å². The molecule has 5 N–H and O–H groups in total. The van der Waals surface area contributed by atoms with Gasteiger partial charge in [0.25, 0.3) is 0 Å². The van der Waals surface area contributed by atoms with Gasteiger partial charge in [-0.3, -0.25) is 23.9 Å². The van der Waals surface area contributed by atoms with Gasteiger partial charge in [0.2, 0.25) is 23.6 Å². The van der Waals surface area contributed by atoms with Crippen molar-refractivity contribution < 1.29 is 29.1 Å². The molecule has 0 radical (unpaired) electrons. The molecule has 2 heterocycles. The minimum absolute atomic E-state index is 0.0334. The van der Waals surface area contributed by atoms with E-state index in [9.17, 15) is 29.1 Å². The largest absolute Gasteiger partial charge is 0.480 e. The van der Waals surface area contributed by atoms with Gasteiger partial charge in [0, 0.05) is 25.7 Å². The molecule has 1 aliphatic rings. The maximum absolute atomic E-state index is 14.0. The maximum atomic E-state index is 14.0. The fourth-order valence-corrected chi connectivity index (χ4v) is 4.66. The zero-order valence-corrected chi connectivity index (χ0v) is 25.3. The van der Waals surface area contributed by atoms with Crippen molar-refractivity contribution in [3.63, 3.8) is 0 Å². The Bertz CT molecular complexity index is 1110. The van der Waals surface area contributed by atoms with Gasteiger partial charge in [-0.05, 0) is 45.6 Å². The van der Waals surface area contributed by atoms with Crippen LogP contribution in [0.15, 0.2) is 18.9 Å². The summed E-state index contributed by atoms with van der Waals surface area (Å²) in [5, 5.41) is 29.0. The second kappa shape index (κ2) is 16.6. The number of aryl methyl sites for hydroxylation is 1. The molecular weight excluding hydrogens is 544 g/mol. The summed E-state index contributed by atoms with van der Waals surface area (Å²) in [5.74, 6) is -3.67. The van der Waals surface area contributed by atoms with E-state index >= 15 is 0 Å². The van der Waals surface area contributed by atoms with E-state index in [4.69, 9.17) is 0 Å². The third kappa shape index (κ3) is 9.36. The van der Waals surface area contributed by atoms with E-state index in [0.717, 1.165) is 0 Å². The van der Waals surface area contributed by atoms with Gasteiger partial charge in [0.05, 0.1) is 11.7 Å². The maximum Gasteiger partial charge on any atom is 0.326 e. The Morgan fingerprint density at radius 3 is 2.50 bits per heavy atom. The number of fused-ring (bicyclic) bond motifs is 2. The predicted molar refractivity (Wildman–Crippen MR) is 155 cm³/mol. The molecule has 0 saturated heterocycles. The third-order valence-corrected chi connectivity index (χ3v) is 7.55. The smallest absolute Gasteiger partial charge is 0.326 e. The lowest BCUT2D eigenvalue weighted by molar-refractivity contribution is -0.144. The van der Waals surface area contributed by atoms with Crippen LogP contribution in [0, 0.1) is 5.92 Å². The van der Waals surface area contributed by atoms with Crippen LogP contribution in [0.1, 0.15) is 65.5 Å². The number of likely N-dealkylation sites (N-methyl/N-ethyl adjacent to an activating group) is 1. The number of carbonyl (C=O) groups is 5. The first-order valence-corrected chi connectivity index (χ1v) is 14.6. The van der Waals surface area contributed by atoms with Gasteiger partial charge in [-0.1, -0.05) is 38.5 Å². The Hall–Kier alpha value is -3.81. The highest BCUT2D eigenvalue weighted by Crippen LogP contribution is 2.15. The van der Waals surface area contributed by atoms with Gasteiger partial charge in [-0.25, -0.2) is 4.79 Å². The van der Waals surface area contributed by atoms with Crippen molar-refractivity contribution in [2.45, 2.75) is 103 Å². The number of hydrogen-bond acceptors (Lipinski definition) is 8. The first-order valence-electron chi connectivity index (χ1n) is 14.6. The van der Waals surface area contributed by atoms with E-state index in [-0.39, 0.29) is 25.3 Å². The fourth-order valence-electron chi connectivity index (χ4n) is 4.66. The fraction of sp³-hybridized carbons (Fsp3) is 0.679. The number of nitrogens with one attached hydrogen (secondary N) is 4. The summed E-state index contributed by atoms with van der Waals surface area (Å²) in [7, 11) is 1.63. The van der Waals surface area contributed by atoms with E-state index in [1.165, 1.54) is 11.0 Å². The van der Waals surface area contributed by atoms with Crippen molar-refractivity contribution in [2.24, 2.45) is 5.92 Å². The van der Waals surface area contributed by atoms with Crippen molar-refractivity contribution in [1.29, 1.82) is 0 Å². The Kier molecular flexibility index (Phi) is 13.6. The molecule has 14 nitrogen and oxygen atoms in total. The number of amides is 4. The van der Waals surface area contributed by atoms with Crippen LogP contribution in [-0.4, -0.2) is 98.4 Å². The Morgan fingerprint density at radius 1 is 1.19 bits per heavy atom. The van der Waals surface area contributed by atoms with Crippen LogP contribution in [-0.2, 0) is 36.9 Å². The van der Waals surface area contributed by atoms with Gasteiger partial charge in [-0.2, -0.15) is 0 Å². The minimum atomic E-state index is -1.17. The molecule has 234 valence electrons.